The van der Waals surface area contributed by atoms with E-state index in [4.69, 9.17) is 9.47 Å². The minimum Gasteiger partial charge on any atom is -0.494 e. The zero-order valence-electron chi connectivity index (χ0n) is 16.9. The summed E-state index contributed by atoms with van der Waals surface area (Å²) in [5.74, 6) is 1.96. The van der Waals surface area contributed by atoms with Crippen LogP contribution in [0.25, 0.3) is 0 Å². The highest BCUT2D eigenvalue weighted by Crippen LogP contribution is 2.14. The Morgan fingerprint density at radius 1 is 0.964 bits per heavy atom. The molecule has 1 fully saturated rings. The van der Waals surface area contributed by atoms with E-state index in [2.05, 4.69) is 24.0 Å². The summed E-state index contributed by atoms with van der Waals surface area (Å²) in [6, 6.07) is 15.9. The molecule has 0 unspecified atom stereocenters. The number of carbonyl (C=O) groups is 1. The van der Waals surface area contributed by atoms with E-state index in [1.54, 1.807) is 0 Å². The van der Waals surface area contributed by atoms with Crippen LogP contribution in [0.5, 0.6) is 11.5 Å². The monoisotopic (exact) mass is 382 g/mol. The van der Waals surface area contributed by atoms with Crippen LogP contribution in [0.2, 0.25) is 0 Å². The summed E-state index contributed by atoms with van der Waals surface area (Å²) in [6.07, 6.45) is 0.447. The molecule has 1 aliphatic rings. The number of rotatable bonds is 8. The maximum Gasteiger partial charge on any atom is 0.227 e. The Hall–Kier alpha value is -2.53. The van der Waals surface area contributed by atoms with E-state index < -0.39 is 0 Å². The van der Waals surface area contributed by atoms with Gasteiger partial charge in [-0.1, -0.05) is 24.3 Å². The van der Waals surface area contributed by atoms with Gasteiger partial charge in [0.05, 0.1) is 13.0 Å². The molecule has 2 aromatic carbocycles. The molecule has 1 aliphatic heterocycles. The van der Waals surface area contributed by atoms with Crippen LogP contribution in [-0.4, -0.2) is 61.6 Å². The molecule has 28 heavy (non-hydrogen) atoms. The van der Waals surface area contributed by atoms with E-state index in [0.29, 0.717) is 19.6 Å². The predicted octanol–water partition coefficient (Wildman–Crippen LogP) is 3.16. The number of carbonyl (C=O) groups excluding carboxylic acids is 1. The van der Waals surface area contributed by atoms with Gasteiger partial charge >= 0.3 is 0 Å². The second-order valence-corrected chi connectivity index (χ2v) is 7.14. The van der Waals surface area contributed by atoms with Gasteiger partial charge < -0.3 is 14.4 Å². The van der Waals surface area contributed by atoms with Crippen molar-refractivity contribution in [3.05, 3.63) is 59.7 Å². The molecule has 0 aliphatic carbocycles. The maximum atomic E-state index is 12.6. The first-order valence-electron chi connectivity index (χ1n) is 10.1. The standard InChI is InChI=1S/C23H30N2O3/c1-3-27-21-9-7-20(8-10-21)18-23(26)25-13-11-24(12-14-25)15-16-28-22-6-4-5-19(2)17-22/h4-10,17H,3,11-16,18H2,1-2H3. The zero-order chi connectivity index (χ0) is 19.8. The van der Waals surface area contributed by atoms with Crippen LogP contribution in [0.4, 0.5) is 0 Å². The lowest BCUT2D eigenvalue weighted by atomic mass is 10.1. The predicted molar refractivity (Wildman–Crippen MR) is 111 cm³/mol. The third-order valence-corrected chi connectivity index (χ3v) is 4.98. The van der Waals surface area contributed by atoms with Crippen molar-refractivity contribution >= 4 is 5.91 Å². The van der Waals surface area contributed by atoms with Gasteiger partial charge in [-0.3, -0.25) is 9.69 Å². The Labute approximate surface area is 167 Å². The van der Waals surface area contributed by atoms with Crippen molar-refractivity contribution in [2.45, 2.75) is 20.3 Å². The van der Waals surface area contributed by atoms with E-state index in [-0.39, 0.29) is 5.91 Å². The number of nitrogens with zero attached hydrogens (tertiary/aromatic N) is 2. The van der Waals surface area contributed by atoms with Gasteiger partial charge in [0.1, 0.15) is 18.1 Å². The molecule has 0 bridgehead atoms. The van der Waals surface area contributed by atoms with E-state index in [1.165, 1.54) is 5.56 Å². The number of hydrogen-bond donors (Lipinski definition) is 0. The highest BCUT2D eigenvalue weighted by molar-refractivity contribution is 5.79. The van der Waals surface area contributed by atoms with Crippen LogP contribution in [0.15, 0.2) is 48.5 Å². The van der Waals surface area contributed by atoms with Crippen molar-refractivity contribution in [3.8, 4) is 11.5 Å². The summed E-state index contributed by atoms with van der Waals surface area (Å²) in [5, 5.41) is 0. The highest BCUT2D eigenvalue weighted by atomic mass is 16.5. The number of benzene rings is 2. The van der Waals surface area contributed by atoms with Crippen molar-refractivity contribution in [2.75, 3.05) is 45.9 Å². The van der Waals surface area contributed by atoms with Gasteiger partial charge in [-0.2, -0.15) is 0 Å². The van der Waals surface area contributed by atoms with Gasteiger partial charge in [0, 0.05) is 32.7 Å². The fraction of sp³-hybridized carbons (Fsp3) is 0.435. The minimum atomic E-state index is 0.194. The van der Waals surface area contributed by atoms with Crippen molar-refractivity contribution < 1.29 is 14.3 Å². The number of piperazine rings is 1. The van der Waals surface area contributed by atoms with Crippen LogP contribution < -0.4 is 9.47 Å². The van der Waals surface area contributed by atoms with Gasteiger partial charge in [0.15, 0.2) is 0 Å². The van der Waals surface area contributed by atoms with Crippen LogP contribution in [0.3, 0.4) is 0 Å². The molecule has 0 spiro atoms. The molecule has 1 saturated heterocycles. The average molecular weight is 383 g/mol. The van der Waals surface area contributed by atoms with Gasteiger partial charge in [-0.25, -0.2) is 0 Å². The number of amides is 1. The normalized spacial score (nSPS) is 14.7. The van der Waals surface area contributed by atoms with Crippen molar-refractivity contribution in [1.82, 2.24) is 9.80 Å². The molecule has 0 saturated carbocycles. The summed E-state index contributed by atoms with van der Waals surface area (Å²) in [6.45, 7) is 9.58. The molecule has 0 aromatic heterocycles. The molecule has 5 heteroatoms. The Kier molecular flexibility index (Phi) is 7.31. The van der Waals surface area contributed by atoms with E-state index in [1.807, 2.05) is 48.2 Å². The Balaban J connectivity index is 1.37. The minimum absolute atomic E-state index is 0.194. The third kappa shape index (κ3) is 5.99. The van der Waals surface area contributed by atoms with E-state index in [0.717, 1.165) is 49.8 Å². The van der Waals surface area contributed by atoms with Crippen molar-refractivity contribution in [2.24, 2.45) is 0 Å². The zero-order valence-corrected chi connectivity index (χ0v) is 16.9. The SMILES string of the molecule is CCOc1ccc(CC(=O)N2CCN(CCOc3cccc(C)c3)CC2)cc1. The van der Waals surface area contributed by atoms with Crippen molar-refractivity contribution in [3.63, 3.8) is 0 Å². The van der Waals surface area contributed by atoms with Gasteiger partial charge in [0.2, 0.25) is 5.91 Å². The summed E-state index contributed by atoms with van der Waals surface area (Å²) in [7, 11) is 0. The molecule has 3 rings (SSSR count). The van der Waals surface area contributed by atoms with E-state index in [9.17, 15) is 4.79 Å². The topological polar surface area (TPSA) is 42.0 Å². The first-order chi connectivity index (χ1) is 13.6. The van der Waals surface area contributed by atoms with Gasteiger partial charge in [0.25, 0.3) is 0 Å². The quantitative estimate of drug-likeness (QED) is 0.703. The summed E-state index contributed by atoms with van der Waals surface area (Å²) in [4.78, 5) is 16.9. The Bertz CT molecular complexity index is 753. The smallest absolute Gasteiger partial charge is 0.227 e. The lowest BCUT2D eigenvalue weighted by Gasteiger charge is -2.34. The lowest BCUT2D eigenvalue weighted by Crippen LogP contribution is -2.49. The molecule has 150 valence electrons. The van der Waals surface area contributed by atoms with Crippen LogP contribution in [0.1, 0.15) is 18.1 Å². The second kappa shape index (κ2) is 10.1. The molecule has 1 heterocycles. The lowest BCUT2D eigenvalue weighted by molar-refractivity contribution is -0.132. The first kappa shape index (κ1) is 20.2. The molecular weight excluding hydrogens is 352 g/mol. The molecule has 5 nitrogen and oxygen atoms in total. The fourth-order valence-corrected chi connectivity index (χ4v) is 3.38. The molecular formula is C23H30N2O3. The van der Waals surface area contributed by atoms with Crippen LogP contribution in [0, 0.1) is 6.92 Å². The summed E-state index contributed by atoms with van der Waals surface area (Å²) < 4.78 is 11.3. The Morgan fingerprint density at radius 3 is 2.39 bits per heavy atom. The fourth-order valence-electron chi connectivity index (χ4n) is 3.38. The number of hydrogen-bond acceptors (Lipinski definition) is 4. The second-order valence-electron chi connectivity index (χ2n) is 7.14. The Morgan fingerprint density at radius 2 is 1.71 bits per heavy atom. The average Bonchev–Trinajstić information content (AvgIpc) is 2.70. The maximum absolute atomic E-state index is 12.6. The van der Waals surface area contributed by atoms with Gasteiger partial charge in [-0.15, -0.1) is 0 Å². The number of aryl methyl sites for hydroxylation is 1. The van der Waals surface area contributed by atoms with Crippen LogP contribution >= 0.6 is 0 Å². The summed E-state index contributed by atoms with van der Waals surface area (Å²) in [5.41, 5.74) is 2.24. The molecule has 0 radical (unpaired) electrons. The number of ether oxygens (including phenoxy) is 2. The van der Waals surface area contributed by atoms with Crippen molar-refractivity contribution in [1.29, 1.82) is 0 Å². The third-order valence-electron chi connectivity index (χ3n) is 4.98. The van der Waals surface area contributed by atoms with Gasteiger partial charge in [-0.05, 0) is 49.2 Å². The first-order valence-corrected chi connectivity index (χ1v) is 10.1. The molecule has 0 N–H and O–H groups in total. The largest absolute Gasteiger partial charge is 0.494 e. The molecule has 2 aromatic rings. The molecule has 0 atom stereocenters. The highest BCUT2D eigenvalue weighted by Gasteiger charge is 2.21. The van der Waals surface area contributed by atoms with E-state index >= 15 is 0 Å². The summed E-state index contributed by atoms with van der Waals surface area (Å²) >= 11 is 0. The van der Waals surface area contributed by atoms with Crippen LogP contribution in [-0.2, 0) is 11.2 Å². The molecule has 1 amide bonds.